The molecule has 6 nitrogen and oxygen atoms in total. The van der Waals surface area contributed by atoms with Gasteiger partial charge in [0, 0.05) is 28.6 Å². The molecule has 1 amide bonds. The monoisotopic (exact) mass is 546 g/mol. The van der Waals surface area contributed by atoms with Gasteiger partial charge in [0.2, 0.25) is 15.9 Å². The summed E-state index contributed by atoms with van der Waals surface area (Å²) in [5.41, 5.74) is 2.87. The van der Waals surface area contributed by atoms with E-state index in [9.17, 15) is 18.0 Å². The molecular formula is C30H27ClN2O4S. The molecule has 0 saturated carbocycles. The van der Waals surface area contributed by atoms with E-state index in [0.717, 1.165) is 11.1 Å². The zero-order chi connectivity index (χ0) is 27.1. The van der Waals surface area contributed by atoms with Gasteiger partial charge in [-0.25, -0.2) is 13.1 Å². The van der Waals surface area contributed by atoms with Crippen LogP contribution in [0, 0.1) is 0 Å². The first-order valence-electron chi connectivity index (χ1n) is 12.1. The lowest BCUT2D eigenvalue weighted by molar-refractivity contribution is -0.116. The average Bonchev–Trinajstić information content (AvgIpc) is 2.93. The Morgan fingerprint density at radius 1 is 0.842 bits per heavy atom. The number of halogens is 1. The summed E-state index contributed by atoms with van der Waals surface area (Å²) < 4.78 is 28.3. The molecular weight excluding hydrogens is 520 g/mol. The van der Waals surface area contributed by atoms with Gasteiger partial charge in [0.1, 0.15) is 0 Å². The Morgan fingerprint density at radius 3 is 2.13 bits per heavy atom. The van der Waals surface area contributed by atoms with Crippen LogP contribution in [0.25, 0.3) is 0 Å². The number of hydrogen-bond donors (Lipinski definition) is 2. The topological polar surface area (TPSA) is 92.3 Å². The number of benzene rings is 4. The molecule has 0 unspecified atom stereocenters. The average molecular weight is 547 g/mol. The van der Waals surface area contributed by atoms with Crippen molar-refractivity contribution < 1.29 is 18.0 Å². The minimum atomic E-state index is -3.71. The number of anilines is 1. The quantitative estimate of drug-likeness (QED) is 0.232. The Morgan fingerprint density at radius 2 is 1.47 bits per heavy atom. The van der Waals surface area contributed by atoms with E-state index < -0.39 is 10.0 Å². The lowest BCUT2D eigenvalue weighted by Crippen LogP contribution is -2.26. The van der Waals surface area contributed by atoms with Gasteiger partial charge in [-0.15, -0.1) is 0 Å². The van der Waals surface area contributed by atoms with Crippen LogP contribution in [0.1, 0.15) is 46.4 Å². The van der Waals surface area contributed by atoms with Gasteiger partial charge in [-0.2, -0.15) is 0 Å². The number of carbonyl (C=O) groups excluding carboxylic acids is 2. The Kier molecular flexibility index (Phi) is 8.73. The first-order valence-corrected chi connectivity index (χ1v) is 13.9. The lowest BCUT2D eigenvalue weighted by Gasteiger charge is -2.15. The van der Waals surface area contributed by atoms with E-state index >= 15 is 0 Å². The van der Waals surface area contributed by atoms with E-state index in [-0.39, 0.29) is 29.0 Å². The van der Waals surface area contributed by atoms with Crippen molar-refractivity contribution in [3.63, 3.8) is 0 Å². The molecule has 1 atom stereocenters. The molecule has 4 aromatic rings. The molecule has 0 aliphatic rings. The molecule has 8 heteroatoms. The minimum absolute atomic E-state index is 0.150. The third kappa shape index (κ3) is 6.95. The summed E-state index contributed by atoms with van der Waals surface area (Å²) in [6, 6.07) is 28.9. The number of amides is 1. The highest BCUT2D eigenvalue weighted by molar-refractivity contribution is 7.89. The van der Waals surface area contributed by atoms with Crippen molar-refractivity contribution in [1.29, 1.82) is 0 Å². The maximum absolute atomic E-state index is 13.0. The molecule has 0 aliphatic heterocycles. The van der Waals surface area contributed by atoms with Crippen molar-refractivity contribution in [3.8, 4) is 0 Å². The van der Waals surface area contributed by atoms with Crippen LogP contribution in [-0.4, -0.2) is 20.1 Å². The fourth-order valence-corrected chi connectivity index (χ4v) is 5.38. The molecule has 0 spiro atoms. The standard InChI is InChI=1S/C30H27ClN2O4S/c1-21(23-8-4-2-5-9-23)33-38(36,37)26-16-12-22(13-17-26)14-19-29(34)32-28-18-15-25(31)20-27(28)30(35)24-10-6-3-7-11-24/h2-13,15-18,20-21,33H,14,19H2,1H3,(H,32,34)/t21-/m1/s1. The van der Waals surface area contributed by atoms with Gasteiger partial charge >= 0.3 is 0 Å². The second-order valence-electron chi connectivity index (χ2n) is 8.83. The number of carbonyl (C=O) groups is 2. The summed E-state index contributed by atoms with van der Waals surface area (Å²) in [5, 5.41) is 3.20. The lowest BCUT2D eigenvalue weighted by atomic mass is 10.0. The number of rotatable bonds is 10. The van der Waals surface area contributed by atoms with Crippen molar-refractivity contribution in [3.05, 3.63) is 130 Å². The fraction of sp³-hybridized carbons (Fsp3) is 0.133. The molecule has 0 aromatic heterocycles. The van der Waals surface area contributed by atoms with Crippen LogP contribution in [0.15, 0.2) is 108 Å². The van der Waals surface area contributed by atoms with Crippen LogP contribution in [0.2, 0.25) is 5.02 Å². The van der Waals surface area contributed by atoms with Crippen LogP contribution in [0.3, 0.4) is 0 Å². The zero-order valence-electron chi connectivity index (χ0n) is 20.7. The van der Waals surface area contributed by atoms with E-state index in [1.165, 1.54) is 12.1 Å². The van der Waals surface area contributed by atoms with E-state index in [1.807, 2.05) is 36.4 Å². The molecule has 0 fully saturated rings. The molecule has 0 radical (unpaired) electrons. The summed E-state index contributed by atoms with van der Waals surface area (Å²) in [5.74, 6) is -0.514. The number of hydrogen-bond acceptors (Lipinski definition) is 4. The molecule has 0 bridgehead atoms. The summed E-state index contributed by atoms with van der Waals surface area (Å²) in [6.07, 6.45) is 0.548. The van der Waals surface area contributed by atoms with Gasteiger partial charge in [0.15, 0.2) is 5.78 Å². The van der Waals surface area contributed by atoms with Crippen molar-refractivity contribution in [2.75, 3.05) is 5.32 Å². The van der Waals surface area contributed by atoms with Gasteiger partial charge in [-0.3, -0.25) is 9.59 Å². The SMILES string of the molecule is C[C@@H](NS(=O)(=O)c1ccc(CCC(=O)Nc2ccc(Cl)cc2C(=O)c2ccccc2)cc1)c1ccccc1. The van der Waals surface area contributed by atoms with Gasteiger partial charge in [-0.05, 0) is 54.8 Å². The predicted octanol–water partition coefficient (Wildman–Crippen LogP) is 6.18. The molecule has 4 rings (SSSR count). The molecule has 2 N–H and O–H groups in total. The van der Waals surface area contributed by atoms with Crippen LogP contribution in [-0.2, 0) is 21.2 Å². The molecule has 38 heavy (non-hydrogen) atoms. The second-order valence-corrected chi connectivity index (χ2v) is 11.0. The molecule has 0 saturated heterocycles. The summed E-state index contributed by atoms with van der Waals surface area (Å²) in [6.45, 7) is 1.79. The zero-order valence-corrected chi connectivity index (χ0v) is 22.3. The highest BCUT2D eigenvalue weighted by Crippen LogP contribution is 2.24. The highest BCUT2D eigenvalue weighted by Gasteiger charge is 2.19. The van der Waals surface area contributed by atoms with Crippen molar-refractivity contribution in [1.82, 2.24) is 4.72 Å². The van der Waals surface area contributed by atoms with E-state index in [4.69, 9.17) is 11.6 Å². The van der Waals surface area contributed by atoms with E-state index in [1.54, 1.807) is 61.5 Å². The fourth-order valence-electron chi connectivity index (χ4n) is 3.97. The van der Waals surface area contributed by atoms with Gasteiger partial charge in [0.25, 0.3) is 0 Å². The number of ketones is 1. The first-order chi connectivity index (χ1) is 18.2. The van der Waals surface area contributed by atoms with Crippen LogP contribution in [0.4, 0.5) is 5.69 Å². The normalized spacial score (nSPS) is 12.1. The molecule has 194 valence electrons. The van der Waals surface area contributed by atoms with Crippen molar-refractivity contribution in [2.45, 2.75) is 30.7 Å². The van der Waals surface area contributed by atoms with Crippen LogP contribution >= 0.6 is 11.6 Å². The molecule has 0 aliphatic carbocycles. The largest absolute Gasteiger partial charge is 0.325 e. The van der Waals surface area contributed by atoms with Gasteiger partial charge in [-0.1, -0.05) is 84.4 Å². The maximum Gasteiger partial charge on any atom is 0.241 e. The highest BCUT2D eigenvalue weighted by atomic mass is 35.5. The first kappa shape index (κ1) is 27.3. The smallest absolute Gasteiger partial charge is 0.241 e. The van der Waals surface area contributed by atoms with Crippen molar-refractivity contribution >= 4 is 39.0 Å². The minimum Gasteiger partial charge on any atom is -0.325 e. The van der Waals surface area contributed by atoms with E-state index in [0.29, 0.717) is 28.3 Å². The number of sulfonamides is 1. The van der Waals surface area contributed by atoms with Gasteiger partial charge in [0.05, 0.1) is 10.6 Å². The van der Waals surface area contributed by atoms with E-state index in [2.05, 4.69) is 10.0 Å². The molecule has 4 aromatic carbocycles. The predicted molar refractivity (Wildman–Crippen MR) is 150 cm³/mol. The summed E-state index contributed by atoms with van der Waals surface area (Å²) >= 11 is 6.12. The Bertz CT molecular complexity index is 1520. The maximum atomic E-state index is 13.0. The Balaban J connectivity index is 1.38. The third-order valence-electron chi connectivity index (χ3n) is 6.04. The van der Waals surface area contributed by atoms with Gasteiger partial charge < -0.3 is 5.32 Å². The summed E-state index contributed by atoms with van der Waals surface area (Å²) in [4.78, 5) is 25.8. The van der Waals surface area contributed by atoms with Crippen LogP contribution < -0.4 is 10.0 Å². The number of aryl methyl sites for hydroxylation is 1. The Hall–Kier alpha value is -3.78. The molecule has 0 heterocycles. The second kappa shape index (κ2) is 12.2. The van der Waals surface area contributed by atoms with Crippen LogP contribution in [0.5, 0.6) is 0 Å². The third-order valence-corrected chi connectivity index (χ3v) is 7.83. The summed E-state index contributed by atoms with van der Waals surface area (Å²) in [7, 11) is -3.71. The van der Waals surface area contributed by atoms with Crippen molar-refractivity contribution in [2.24, 2.45) is 0 Å². The number of nitrogens with one attached hydrogen (secondary N) is 2. The Labute approximate surface area is 227 Å².